The molecule has 0 aliphatic carbocycles. The van der Waals surface area contributed by atoms with Gasteiger partial charge in [0.05, 0.1) is 11.8 Å². The van der Waals surface area contributed by atoms with Crippen LogP contribution in [0.25, 0.3) is 0 Å². The number of ether oxygens (including phenoxy) is 1. The topological polar surface area (TPSA) is 93.6 Å². The first kappa shape index (κ1) is 19.2. The first-order valence-electron chi connectivity index (χ1n) is 7.98. The minimum atomic E-state index is -0.544. The Bertz CT molecular complexity index is 695. The lowest BCUT2D eigenvalue weighted by Gasteiger charge is -2.25. The van der Waals surface area contributed by atoms with Crippen molar-refractivity contribution in [1.82, 2.24) is 25.6 Å². The number of hydrogen-bond acceptors (Lipinski definition) is 6. The van der Waals surface area contributed by atoms with Gasteiger partial charge in [-0.1, -0.05) is 17.4 Å². The Hall–Kier alpha value is -2.09. The molecule has 0 aliphatic rings. The van der Waals surface area contributed by atoms with E-state index < -0.39 is 5.60 Å². The van der Waals surface area contributed by atoms with Gasteiger partial charge in [-0.05, 0) is 61.2 Å². The van der Waals surface area contributed by atoms with E-state index in [9.17, 15) is 4.79 Å². The summed E-state index contributed by atoms with van der Waals surface area (Å²) in [5.74, 6) is -0.326. The van der Waals surface area contributed by atoms with Crippen LogP contribution in [-0.4, -0.2) is 37.2 Å². The predicted molar refractivity (Wildman–Crippen MR) is 96.7 cm³/mol. The van der Waals surface area contributed by atoms with Gasteiger partial charge in [-0.3, -0.25) is 4.79 Å². The van der Waals surface area contributed by atoms with E-state index in [2.05, 4.69) is 48.1 Å². The van der Waals surface area contributed by atoms with Crippen LogP contribution in [0, 0.1) is 5.92 Å². The van der Waals surface area contributed by atoms with Gasteiger partial charge in [0.15, 0.2) is 5.82 Å². The number of H-pyrrole nitrogens is 1. The number of allylic oxidation sites excluding steroid dienone is 1. The fourth-order valence-electron chi connectivity index (χ4n) is 2.46. The zero-order valence-electron chi connectivity index (χ0n) is 14.6. The van der Waals surface area contributed by atoms with Crippen LogP contribution in [0.1, 0.15) is 50.9 Å². The van der Waals surface area contributed by atoms with Crippen LogP contribution in [-0.2, 0) is 9.53 Å². The van der Waals surface area contributed by atoms with E-state index in [0.29, 0.717) is 18.7 Å². The second kappa shape index (κ2) is 8.33. The number of pyridine rings is 1. The second-order valence-electron chi connectivity index (χ2n) is 6.73. The van der Waals surface area contributed by atoms with Crippen LogP contribution < -0.4 is 0 Å². The standard InChI is InChI=1S/C17H22BrN5O2/c1-5-6-11(16(24)25-17(2,3)4)9-13(15-20-22-23-21-15)12-7-8-14(18)19-10-12/h5,7-8,10-11,13H,1,6,9H2,2-4H3,(H,20,21,22,23)/t11?,13-/m0/s1. The molecule has 0 amide bonds. The summed E-state index contributed by atoms with van der Waals surface area (Å²) >= 11 is 3.33. The molecule has 0 radical (unpaired) electrons. The molecule has 2 atom stereocenters. The second-order valence-corrected chi connectivity index (χ2v) is 7.54. The number of nitrogens with one attached hydrogen (secondary N) is 1. The van der Waals surface area contributed by atoms with Gasteiger partial charge in [-0.25, -0.2) is 4.98 Å². The van der Waals surface area contributed by atoms with E-state index in [1.165, 1.54) is 0 Å². The molecule has 2 aromatic rings. The van der Waals surface area contributed by atoms with Gasteiger partial charge in [0.25, 0.3) is 0 Å². The maximum absolute atomic E-state index is 12.6. The third kappa shape index (κ3) is 5.74. The average molecular weight is 408 g/mol. The van der Waals surface area contributed by atoms with Crippen molar-refractivity contribution in [3.05, 3.63) is 47.0 Å². The van der Waals surface area contributed by atoms with Gasteiger partial charge >= 0.3 is 5.97 Å². The fraction of sp³-hybridized carbons (Fsp3) is 0.471. The maximum atomic E-state index is 12.6. The van der Waals surface area contributed by atoms with Crippen LogP contribution >= 0.6 is 15.9 Å². The Kier molecular flexibility index (Phi) is 6.41. The van der Waals surface area contributed by atoms with Crippen LogP contribution in [0.4, 0.5) is 0 Å². The van der Waals surface area contributed by atoms with Crippen molar-refractivity contribution in [2.75, 3.05) is 0 Å². The highest BCUT2D eigenvalue weighted by atomic mass is 79.9. The smallest absolute Gasteiger partial charge is 0.309 e. The van der Waals surface area contributed by atoms with E-state index in [1.54, 1.807) is 12.3 Å². The Morgan fingerprint density at radius 1 is 1.44 bits per heavy atom. The SMILES string of the molecule is C=CCC(C[C@@H](c1ccc(Br)nc1)c1nn[nH]n1)C(=O)OC(C)(C)C. The molecular formula is C17H22BrN5O2. The van der Waals surface area contributed by atoms with E-state index in [-0.39, 0.29) is 17.8 Å². The number of tetrazole rings is 1. The molecule has 2 aromatic heterocycles. The number of aromatic nitrogens is 5. The van der Waals surface area contributed by atoms with E-state index >= 15 is 0 Å². The molecule has 2 heterocycles. The van der Waals surface area contributed by atoms with E-state index in [0.717, 1.165) is 10.2 Å². The number of rotatable bonds is 7. The van der Waals surface area contributed by atoms with Crippen molar-refractivity contribution in [2.24, 2.45) is 5.92 Å². The van der Waals surface area contributed by atoms with Gasteiger partial charge < -0.3 is 4.74 Å². The van der Waals surface area contributed by atoms with Crippen molar-refractivity contribution in [1.29, 1.82) is 0 Å². The van der Waals surface area contributed by atoms with Crippen LogP contribution in [0.2, 0.25) is 0 Å². The number of carbonyl (C=O) groups excluding carboxylic acids is 1. The number of nitrogens with zero attached hydrogens (tertiary/aromatic N) is 4. The maximum Gasteiger partial charge on any atom is 0.309 e. The molecule has 0 fully saturated rings. The summed E-state index contributed by atoms with van der Waals surface area (Å²) < 4.78 is 6.29. The molecule has 0 aromatic carbocycles. The lowest BCUT2D eigenvalue weighted by molar-refractivity contribution is -0.160. The van der Waals surface area contributed by atoms with Gasteiger partial charge in [0, 0.05) is 6.20 Å². The normalized spacial score (nSPS) is 13.9. The van der Waals surface area contributed by atoms with E-state index in [1.807, 2.05) is 32.9 Å². The summed E-state index contributed by atoms with van der Waals surface area (Å²) in [4.78, 5) is 16.8. The third-order valence-corrected chi connectivity index (χ3v) is 4.01. The van der Waals surface area contributed by atoms with Crippen molar-refractivity contribution in [3.63, 3.8) is 0 Å². The molecule has 0 bridgehead atoms. The summed E-state index contributed by atoms with van der Waals surface area (Å²) in [5.41, 5.74) is 0.360. The monoisotopic (exact) mass is 407 g/mol. The Morgan fingerprint density at radius 2 is 2.20 bits per heavy atom. The predicted octanol–water partition coefficient (Wildman–Crippen LogP) is 3.41. The number of halogens is 1. The van der Waals surface area contributed by atoms with Gasteiger partial charge in [-0.2, -0.15) is 5.21 Å². The van der Waals surface area contributed by atoms with Crippen molar-refractivity contribution < 1.29 is 9.53 Å². The van der Waals surface area contributed by atoms with Crippen molar-refractivity contribution in [3.8, 4) is 0 Å². The largest absolute Gasteiger partial charge is 0.460 e. The average Bonchev–Trinajstić information content (AvgIpc) is 3.05. The highest BCUT2D eigenvalue weighted by Crippen LogP contribution is 2.31. The molecule has 134 valence electrons. The molecule has 0 aliphatic heterocycles. The lowest BCUT2D eigenvalue weighted by Crippen LogP contribution is -2.29. The Balaban J connectivity index is 2.28. The quantitative estimate of drug-likeness (QED) is 0.429. The molecule has 0 saturated carbocycles. The van der Waals surface area contributed by atoms with Crippen LogP contribution in [0.3, 0.4) is 0 Å². The summed E-state index contributed by atoms with van der Waals surface area (Å²) in [6.45, 7) is 9.31. The first-order chi connectivity index (χ1) is 11.8. The third-order valence-electron chi connectivity index (χ3n) is 3.54. The number of carbonyl (C=O) groups is 1. The van der Waals surface area contributed by atoms with Gasteiger partial charge in [-0.15, -0.1) is 16.8 Å². The molecule has 7 nitrogen and oxygen atoms in total. The molecule has 1 N–H and O–H groups in total. The van der Waals surface area contributed by atoms with E-state index in [4.69, 9.17) is 4.74 Å². The molecule has 25 heavy (non-hydrogen) atoms. The minimum absolute atomic E-state index is 0.225. The molecular weight excluding hydrogens is 386 g/mol. The number of aromatic amines is 1. The highest BCUT2D eigenvalue weighted by molar-refractivity contribution is 9.10. The number of hydrogen-bond donors (Lipinski definition) is 1. The summed E-state index contributed by atoms with van der Waals surface area (Å²) in [6.07, 6.45) is 4.45. The minimum Gasteiger partial charge on any atom is -0.460 e. The Labute approximate surface area is 155 Å². The fourth-order valence-corrected chi connectivity index (χ4v) is 2.70. The first-order valence-corrected chi connectivity index (χ1v) is 8.78. The zero-order chi connectivity index (χ0) is 18.4. The van der Waals surface area contributed by atoms with Gasteiger partial charge in [0.2, 0.25) is 0 Å². The van der Waals surface area contributed by atoms with Crippen molar-refractivity contribution in [2.45, 2.75) is 45.1 Å². The molecule has 0 saturated heterocycles. The highest BCUT2D eigenvalue weighted by Gasteiger charge is 2.30. The van der Waals surface area contributed by atoms with Gasteiger partial charge in [0.1, 0.15) is 10.2 Å². The molecule has 2 rings (SSSR count). The van der Waals surface area contributed by atoms with Crippen LogP contribution in [0.5, 0.6) is 0 Å². The zero-order valence-corrected chi connectivity index (χ0v) is 16.2. The van der Waals surface area contributed by atoms with Crippen LogP contribution in [0.15, 0.2) is 35.6 Å². The Morgan fingerprint density at radius 3 is 2.72 bits per heavy atom. The molecule has 8 heteroatoms. The summed E-state index contributed by atoms with van der Waals surface area (Å²) in [6, 6.07) is 3.77. The molecule has 1 unspecified atom stereocenters. The lowest BCUT2D eigenvalue weighted by atomic mass is 9.87. The molecule has 0 spiro atoms. The summed E-state index contributed by atoms with van der Waals surface area (Å²) in [5, 5.41) is 14.3. The number of esters is 1. The summed E-state index contributed by atoms with van der Waals surface area (Å²) in [7, 11) is 0. The van der Waals surface area contributed by atoms with Crippen molar-refractivity contribution >= 4 is 21.9 Å².